The van der Waals surface area contributed by atoms with E-state index in [4.69, 9.17) is 26.1 Å². The number of carbonyl (C=O) groups is 1. The van der Waals surface area contributed by atoms with Gasteiger partial charge in [-0.1, -0.05) is 41.4 Å². The van der Waals surface area contributed by atoms with Crippen LogP contribution < -0.4 is 15.0 Å². The number of rotatable bonds is 9. The van der Waals surface area contributed by atoms with E-state index in [0.29, 0.717) is 39.1 Å². The maximum Gasteiger partial charge on any atom is 0.343 e. The number of aromatic nitrogens is 2. The fourth-order valence-corrected chi connectivity index (χ4v) is 4.20. The fourth-order valence-electron chi connectivity index (χ4n) is 3.18. The second-order valence-corrected chi connectivity index (χ2v) is 9.61. The molecule has 11 heteroatoms. The lowest BCUT2D eigenvalue weighted by molar-refractivity contribution is -0.142. The highest BCUT2D eigenvalue weighted by Gasteiger charge is 2.20. The van der Waals surface area contributed by atoms with E-state index in [9.17, 15) is 9.59 Å². The van der Waals surface area contributed by atoms with Crippen LogP contribution in [0.4, 0.5) is 0 Å². The highest BCUT2D eigenvalue weighted by molar-refractivity contribution is 9.10. The zero-order chi connectivity index (χ0) is 25.7. The van der Waals surface area contributed by atoms with E-state index in [2.05, 4.69) is 41.7 Å². The number of benzene rings is 2. The normalized spacial score (nSPS) is 12.2. The minimum absolute atomic E-state index is 0.00647. The first-order chi connectivity index (χ1) is 16.7. The monoisotopic (exact) mass is 627 g/mol. The van der Waals surface area contributed by atoms with E-state index in [0.717, 1.165) is 10.9 Å². The molecule has 1 atom stereocenters. The second kappa shape index (κ2) is 12.0. The largest absolute Gasteiger partial charge is 0.490 e. The van der Waals surface area contributed by atoms with E-state index < -0.39 is 5.97 Å². The summed E-state index contributed by atoms with van der Waals surface area (Å²) in [7, 11) is 1.27. The molecular formula is C24H24Br2ClN3O5. The topological polar surface area (TPSA) is 92.0 Å². The molecule has 35 heavy (non-hydrogen) atoms. The van der Waals surface area contributed by atoms with Crippen molar-refractivity contribution in [1.29, 1.82) is 0 Å². The van der Waals surface area contributed by atoms with Gasteiger partial charge in [0.05, 0.1) is 30.8 Å². The summed E-state index contributed by atoms with van der Waals surface area (Å²) in [6.45, 7) is 5.83. The first-order valence-electron chi connectivity index (χ1n) is 10.8. The number of esters is 1. The number of hydrogen-bond donors (Lipinski definition) is 0. The van der Waals surface area contributed by atoms with Crippen molar-refractivity contribution in [3.8, 4) is 11.5 Å². The summed E-state index contributed by atoms with van der Waals surface area (Å²) >= 11 is 13.4. The van der Waals surface area contributed by atoms with Crippen molar-refractivity contribution in [2.45, 2.75) is 33.1 Å². The predicted molar refractivity (Wildman–Crippen MR) is 143 cm³/mol. The Labute approximate surface area is 224 Å². The van der Waals surface area contributed by atoms with Gasteiger partial charge in [-0.3, -0.25) is 4.79 Å². The molecule has 0 radical (unpaired) electrons. The summed E-state index contributed by atoms with van der Waals surface area (Å²) in [6, 6.07) is 7.04. The van der Waals surface area contributed by atoms with Gasteiger partial charge < -0.3 is 14.2 Å². The molecule has 1 aromatic heterocycles. The molecule has 0 aliphatic heterocycles. The molecule has 1 heterocycles. The highest BCUT2D eigenvalue weighted by atomic mass is 79.9. The van der Waals surface area contributed by atoms with Gasteiger partial charge in [0.1, 0.15) is 10.8 Å². The van der Waals surface area contributed by atoms with E-state index in [1.165, 1.54) is 18.0 Å². The molecule has 0 aliphatic rings. The molecule has 0 aliphatic carbocycles. The lowest BCUT2D eigenvalue weighted by atomic mass is 10.1. The summed E-state index contributed by atoms with van der Waals surface area (Å²) in [4.78, 5) is 29.6. The molecular weight excluding hydrogens is 606 g/mol. The third kappa shape index (κ3) is 6.05. The zero-order valence-electron chi connectivity index (χ0n) is 19.6. The molecule has 0 bridgehead atoms. The van der Waals surface area contributed by atoms with Crippen LogP contribution in [0.5, 0.6) is 11.5 Å². The van der Waals surface area contributed by atoms with Gasteiger partial charge in [0.2, 0.25) is 0 Å². The van der Waals surface area contributed by atoms with Gasteiger partial charge in [-0.25, -0.2) is 9.78 Å². The van der Waals surface area contributed by atoms with Gasteiger partial charge in [-0.05, 0) is 53.5 Å². The molecule has 3 aromatic rings. The van der Waals surface area contributed by atoms with E-state index >= 15 is 0 Å². The van der Waals surface area contributed by atoms with Crippen LogP contribution >= 0.6 is 43.5 Å². The van der Waals surface area contributed by atoms with Crippen LogP contribution in [0, 0.1) is 0 Å². The van der Waals surface area contributed by atoms with Crippen molar-refractivity contribution in [1.82, 2.24) is 9.66 Å². The standard InChI is InChI=1S/C24H24Br2ClN3O5/c1-5-13(3)23-29-17-8-7-15(25)10-16(17)24(32)30(23)28-11-14-9-18(34-6-2)22(21(27)20(14)26)35-12-19(31)33-4/h7-11,13H,5-6,12H2,1-4H3/t13-/m1/s1. The number of fused-ring (bicyclic) bond motifs is 1. The summed E-state index contributed by atoms with van der Waals surface area (Å²) in [5, 5.41) is 5.12. The Morgan fingerprint density at radius 3 is 2.66 bits per heavy atom. The smallest absolute Gasteiger partial charge is 0.343 e. The van der Waals surface area contributed by atoms with E-state index in [1.54, 1.807) is 18.2 Å². The third-order valence-electron chi connectivity index (χ3n) is 5.22. The van der Waals surface area contributed by atoms with Crippen LogP contribution in [0.3, 0.4) is 0 Å². The summed E-state index contributed by atoms with van der Waals surface area (Å²) in [5.74, 6) is 0.498. The Morgan fingerprint density at radius 1 is 1.26 bits per heavy atom. The Balaban J connectivity index is 2.13. The molecule has 0 unspecified atom stereocenters. The minimum Gasteiger partial charge on any atom is -0.490 e. The summed E-state index contributed by atoms with van der Waals surface area (Å²) < 4.78 is 18.4. The van der Waals surface area contributed by atoms with Crippen molar-refractivity contribution < 1.29 is 19.0 Å². The van der Waals surface area contributed by atoms with Crippen molar-refractivity contribution in [2.24, 2.45) is 5.10 Å². The number of ether oxygens (including phenoxy) is 3. The van der Waals surface area contributed by atoms with Crippen LogP contribution in [0.15, 0.2) is 43.1 Å². The Kier molecular flexibility index (Phi) is 9.32. The Bertz CT molecular complexity index is 1340. The number of hydrogen-bond acceptors (Lipinski definition) is 7. The zero-order valence-corrected chi connectivity index (χ0v) is 23.5. The predicted octanol–water partition coefficient (Wildman–Crippen LogP) is 5.92. The first kappa shape index (κ1) is 27.2. The van der Waals surface area contributed by atoms with Crippen LogP contribution in [-0.2, 0) is 9.53 Å². The SMILES string of the molecule is CCOc1cc(C=Nn2c([C@H](C)CC)nc3ccc(Br)cc3c2=O)c(Br)c(Cl)c1OCC(=O)OC. The average molecular weight is 630 g/mol. The first-order valence-corrected chi connectivity index (χ1v) is 12.8. The lowest BCUT2D eigenvalue weighted by Crippen LogP contribution is -2.23. The van der Waals surface area contributed by atoms with Gasteiger partial charge in [-0.15, -0.1) is 0 Å². The average Bonchev–Trinajstić information content (AvgIpc) is 2.85. The molecule has 0 amide bonds. The molecule has 8 nitrogen and oxygen atoms in total. The highest BCUT2D eigenvalue weighted by Crippen LogP contribution is 2.42. The molecule has 3 rings (SSSR count). The maximum absolute atomic E-state index is 13.4. The van der Waals surface area contributed by atoms with Crippen molar-refractivity contribution >= 4 is 66.5 Å². The molecule has 0 fully saturated rings. The fraction of sp³-hybridized carbons (Fsp3) is 0.333. The van der Waals surface area contributed by atoms with Crippen molar-refractivity contribution in [3.05, 3.63) is 60.0 Å². The molecule has 0 N–H and O–H groups in total. The lowest BCUT2D eigenvalue weighted by Gasteiger charge is -2.16. The Hall–Kier alpha value is -2.43. The van der Waals surface area contributed by atoms with E-state index in [-0.39, 0.29) is 28.9 Å². The van der Waals surface area contributed by atoms with Crippen molar-refractivity contribution in [3.63, 3.8) is 0 Å². The number of halogens is 3. The molecule has 0 saturated heterocycles. The van der Waals surface area contributed by atoms with Gasteiger partial charge in [0.25, 0.3) is 5.56 Å². The summed E-state index contributed by atoms with van der Waals surface area (Å²) in [5.41, 5.74) is 0.864. The van der Waals surface area contributed by atoms with Gasteiger partial charge in [0.15, 0.2) is 18.1 Å². The van der Waals surface area contributed by atoms with Gasteiger partial charge >= 0.3 is 5.97 Å². The molecule has 0 spiro atoms. The van der Waals surface area contributed by atoms with Crippen LogP contribution in [0.2, 0.25) is 5.02 Å². The van der Waals surface area contributed by atoms with Gasteiger partial charge in [0, 0.05) is 20.4 Å². The number of carbonyl (C=O) groups excluding carboxylic acids is 1. The van der Waals surface area contributed by atoms with Crippen molar-refractivity contribution in [2.75, 3.05) is 20.3 Å². The maximum atomic E-state index is 13.4. The quantitative estimate of drug-likeness (QED) is 0.216. The molecule has 0 saturated carbocycles. The second-order valence-electron chi connectivity index (χ2n) is 7.52. The number of nitrogens with zero attached hydrogens (tertiary/aromatic N) is 3. The van der Waals surface area contributed by atoms with Crippen LogP contribution in [-0.4, -0.2) is 42.2 Å². The molecule has 2 aromatic carbocycles. The van der Waals surface area contributed by atoms with Crippen LogP contribution in [0.1, 0.15) is 44.5 Å². The van der Waals surface area contributed by atoms with E-state index in [1.807, 2.05) is 26.8 Å². The van der Waals surface area contributed by atoms with Crippen LogP contribution in [0.25, 0.3) is 10.9 Å². The number of methoxy groups -OCH3 is 1. The third-order valence-corrected chi connectivity index (χ3v) is 7.15. The molecule has 186 valence electrons. The Morgan fingerprint density at radius 2 is 2.00 bits per heavy atom. The summed E-state index contributed by atoms with van der Waals surface area (Å²) in [6.07, 6.45) is 2.28. The van der Waals surface area contributed by atoms with Gasteiger partial charge in [-0.2, -0.15) is 9.78 Å². The minimum atomic E-state index is -0.558.